The van der Waals surface area contributed by atoms with E-state index >= 15 is 0 Å². The van der Waals surface area contributed by atoms with Gasteiger partial charge in [-0.2, -0.15) is 0 Å². The molecule has 32 heavy (non-hydrogen) atoms. The Labute approximate surface area is 187 Å². The van der Waals surface area contributed by atoms with E-state index in [2.05, 4.69) is 0 Å². The lowest BCUT2D eigenvalue weighted by Crippen LogP contribution is -2.08. The molecule has 0 spiro atoms. The summed E-state index contributed by atoms with van der Waals surface area (Å²) in [6.45, 7) is 1.70. The lowest BCUT2D eigenvalue weighted by atomic mass is 9.85. The quantitative estimate of drug-likeness (QED) is 0.440. The molecule has 3 aromatic rings. The van der Waals surface area contributed by atoms with Crippen LogP contribution in [0.15, 0.2) is 24.3 Å². The molecule has 0 aromatic heterocycles. The minimum absolute atomic E-state index is 0.191. The third kappa shape index (κ3) is 4.48. The van der Waals surface area contributed by atoms with Gasteiger partial charge in [0.15, 0.2) is 0 Å². The van der Waals surface area contributed by atoms with Crippen LogP contribution in [-0.2, 0) is 56.7 Å². The van der Waals surface area contributed by atoms with Crippen LogP contribution in [0, 0.1) is 0 Å². The van der Waals surface area contributed by atoms with Gasteiger partial charge in [-0.1, -0.05) is 12.1 Å². The highest BCUT2D eigenvalue weighted by atomic mass is 16.5. The fourth-order valence-electron chi connectivity index (χ4n) is 4.41. The highest BCUT2D eigenvalue weighted by Gasteiger charge is 2.22. The van der Waals surface area contributed by atoms with Gasteiger partial charge in [0.2, 0.25) is 0 Å². The maximum atomic E-state index is 12.0. The second kappa shape index (κ2) is 10.8. The Hall–Kier alpha value is -2.55. The molecule has 0 aliphatic heterocycles. The number of ether oxygens (including phenoxy) is 5. The average molecular weight is 443 g/mol. The molecular weight excluding hydrogens is 412 g/mol. The average Bonchev–Trinajstić information content (AvgIpc) is 2.77. The molecule has 7 heteroatoms. The van der Waals surface area contributed by atoms with E-state index in [1.54, 1.807) is 41.6 Å². The summed E-state index contributed by atoms with van der Waals surface area (Å²) in [5, 5.41) is 13.6. The molecule has 0 saturated carbocycles. The largest absolute Gasteiger partial charge is 0.478 e. The van der Waals surface area contributed by atoms with Crippen LogP contribution < -0.4 is 0 Å². The summed E-state index contributed by atoms with van der Waals surface area (Å²) >= 11 is 0. The highest BCUT2D eigenvalue weighted by Crippen LogP contribution is 2.39. The zero-order valence-corrected chi connectivity index (χ0v) is 19.2. The molecular formula is C25H30O7. The molecule has 0 heterocycles. The Bertz CT molecular complexity index is 1120. The maximum absolute atomic E-state index is 12.0. The first-order valence-electron chi connectivity index (χ1n) is 10.2. The number of carboxylic acid groups (broad SMARTS) is 1. The van der Waals surface area contributed by atoms with E-state index in [0.717, 1.165) is 43.8 Å². The van der Waals surface area contributed by atoms with Gasteiger partial charge < -0.3 is 28.8 Å². The number of hydrogen-bond acceptors (Lipinski definition) is 6. The number of carbonyl (C=O) groups is 1. The molecule has 0 unspecified atom stereocenters. The molecule has 172 valence electrons. The van der Waals surface area contributed by atoms with Crippen LogP contribution in [0.2, 0.25) is 0 Å². The van der Waals surface area contributed by atoms with Gasteiger partial charge in [0.25, 0.3) is 0 Å². The number of fused-ring (bicyclic) bond motifs is 2. The predicted octanol–water partition coefficient (Wildman–Crippen LogP) is 4.42. The van der Waals surface area contributed by atoms with Crippen molar-refractivity contribution in [1.82, 2.24) is 0 Å². The van der Waals surface area contributed by atoms with Crippen LogP contribution in [0.3, 0.4) is 0 Å². The SMILES string of the molecule is COCc1cc2c(COC)c3c(COC)ccc(COC)c3c(COC)c2cc1C(=O)O. The second-order valence-electron chi connectivity index (χ2n) is 7.62. The smallest absolute Gasteiger partial charge is 0.336 e. The number of hydrogen-bond donors (Lipinski definition) is 1. The number of carboxylic acids is 1. The van der Waals surface area contributed by atoms with Gasteiger partial charge in [0.1, 0.15) is 0 Å². The number of benzene rings is 3. The van der Waals surface area contributed by atoms with Crippen molar-refractivity contribution in [3.63, 3.8) is 0 Å². The Morgan fingerprint density at radius 3 is 1.47 bits per heavy atom. The predicted molar refractivity (Wildman–Crippen MR) is 122 cm³/mol. The van der Waals surface area contributed by atoms with Gasteiger partial charge in [-0.05, 0) is 61.5 Å². The van der Waals surface area contributed by atoms with Crippen molar-refractivity contribution in [2.45, 2.75) is 33.0 Å². The van der Waals surface area contributed by atoms with Gasteiger partial charge in [-0.15, -0.1) is 0 Å². The fraction of sp³-hybridized carbons (Fsp3) is 0.400. The molecule has 1 N–H and O–H groups in total. The number of rotatable bonds is 11. The van der Waals surface area contributed by atoms with E-state index in [1.165, 1.54) is 0 Å². The van der Waals surface area contributed by atoms with Crippen molar-refractivity contribution < 1.29 is 33.6 Å². The molecule has 3 rings (SSSR count). The molecule has 7 nitrogen and oxygen atoms in total. The van der Waals surface area contributed by atoms with Crippen molar-refractivity contribution >= 4 is 27.5 Å². The summed E-state index contributed by atoms with van der Waals surface area (Å²) in [6, 6.07) is 7.69. The van der Waals surface area contributed by atoms with Gasteiger partial charge in [-0.3, -0.25) is 0 Å². The molecule has 0 radical (unpaired) electrons. The zero-order valence-electron chi connectivity index (χ0n) is 19.2. The topological polar surface area (TPSA) is 83.5 Å². The summed E-state index contributed by atoms with van der Waals surface area (Å²) in [5.41, 5.74) is 4.70. The third-order valence-corrected chi connectivity index (χ3v) is 5.58. The van der Waals surface area contributed by atoms with Crippen LogP contribution in [0.4, 0.5) is 0 Å². The first kappa shape index (κ1) is 24.1. The molecule has 0 amide bonds. The number of aromatic carboxylic acids is 1. The Kier molecular flexibility index (Phi) is 8.17. The summed E-state index contributed by atoms with van der Waals surface area (Å²) < 4.78 is 27.4. The van der Waals surface area contributed by atoms with E-state index in [4.69, 9.17) is 23.7 Å². The fourth-order valence-corrected chi connectivity index (χ4v) is 4.41. The van der Waals surface area contributed by atoms with Gasteiger partial charge in [-0.25, -0.2) is 4.79 Å². The summed E-state index contributed by atoms with van der Waals surface area (Å²) in [5.74, 6) is -0.999. The van der Waals surface area contributed by atoms with E-state index in [9.17, 15) is 9.90 Å². The molecule has 0 saturated heterocycles. The van der Waals surface area contributed by atoms with E-state index in [0.29, 0.717) is 32.0 Å². The van der Waals surface area contributed by atoms with Crippen LogP contribution in [-0.4, -0.2) is 46.6 Å². The van der Waals surface area contributed by atoms with E-state index < -0.39 is 5.97 Å². The summed E-state index contributed by atoms with van der Waals surface area (Å²) in [6.07, 6.45) is 0. The molecule has 0 atom stereocenters. The maximum Gasteiger partial charge on any atom is 0.336 e. The molecule has 0 bridgehead atoms. The second-order valence-corrected chi connectivity index (χ2v) is 7.62. The van der Waals surface area contributed by atoms with Crippen LogP contribution in [0.5, 0.6) is 0 Å². The van der Waals surface area contributed by atoms with Crippen LogP contribution in [0.25, 0.3) is 21.5 Å². The van der Waals surface area contributed by atoms with Crippen LogP contribution in [0.1, 0.15) is 38.2 Å². The van der Waals surface area contributed by atoms with Gasteiger partial charge >= 0.3 is 5.97 Å². The standard InChI is InChI=1S/C25H30O7/c1-28-10-15-6-7-16(11-29-2)24-22(14-32-5)20-9-18(25(26)27)17(12-30-3)8-19(20)21(13-31-4)23(15)24/h6-9H,10-14H2,1-5H3,(H,26,27). The molecule has 0 aliphatic carbocycles. The van der Waals surface area contributed by atoms with Gasteiger partial charge in [0, 0.05) is 35.5 Å². The Morgan fingerprint density at radius 1 is 0.656 bits per heavy atom. The first-order valence-corrected chi connectivity index (χ1v) is 10.2. The summed E-state index contributed by atoms with van der Waals surface area (Å²) in [7, 11) is 8.15. The third-order valence-electron chi connectivity index (χ3n) is 5.58. The minimum atomic E-state index is -0.999. The van der Waals surface area contributed by atoms with Crippen molar-refractivity contribution in [2.24, 2.45) is 0 Å². The van der Waals surface area contributed by atoms with Crippen molar-refractivity contribution in [1.29, 1.82) is 0 Å². The lowest BCUT2D eigenvalue weighted by Gasteiger charge is -2.22. The first-order chi connectivity index (χ1) is 15.5. The Balaban J connectivity index is 2.61. The van der Waals surface area contributed by atoms with E-state index in [-0.39, 0.29) is 12.2 Å². The molecule has 3 aromatic carbocycles. The van der Waals surface area contributed by atoms with Crippen molar-refractivity contribution in [3.8, 4) is 0 Å². The zero-order chi connectivity index (χ0) is 23.3. The van der Waals surface area contributed by atoms with Crippen LogP contribution >= 0.6 is 0 Å². The molecule has 0 aliphatic rings. The van der Waals surface area contributed by atoms with Crippen molar-refractivity contribution in [2.75, 3.05) is 35.5 Å². The normalized spacial score (nSPS) is 11.5. The summed E-state index contributed by atoms with van der Waals surface area (Å²) in [4.78, 5) is 12.0. The lowest BCUT2D eigenvalue weighted by molar-refractivity contribution is 0.0692. The van der Waals surface area contributed by atoms with Crippen molar-refractivity contribution in [3.05, 3.63) is 57.6 Å². The Morgan fingerprint density at radius 2 is 1.06 bits per heavy atom. The highest BCUT2D eigenvalue weighted by molar-refractivity contribution is 6.10. The van der Waals surface area contributed by atoms with Gasteiger partial charge in [0.05, 0.1) is 38.6 Å². The minimum Gasteiger partial charge on any atom is -0.478 e. The van der Waals surface area contributed by atoms with E-state index in [1.807, 2.05) is 18.2 Å². The number of methoxy groups -OCH3 is 5. The monoisotopic (exact) mass is 442 g/mol. The molecule has 0 fully saturated rings.